The first kappa shape index (κ1) is 22.4. The van der Waals surface area contributed by atoms with E-state index in [1.165, 1.54) is 16.9 Å². The zero-order valence-electron chi connectivity index (χ0n) is 15.5. The third-order valence-corrected chi connectivity index (χ3v) is 5.66. The van der Waals surface area contributed by atoms with Crippen LogP contribution in [0.25, 0.3) is 10.6 Å². The average molecular weight is 440 g/mol. The summed E-state index contributed by atoms with van der Waals surface area (Å²) in [6.45, 7) is 4.38. The fourth-order valence-electron chi connectivity index (χ4n) is 3.26. The van der Waals surface area contributed by atoms with E-state index < -0.39 is 0 Å². The zero-order chi connectivity index (χ0) is 17.9. The molecule has 8 heteroatoms. The Balaban J connectivity index is 0.00000140. The first-order chi connectivity index (χ1) is 12.8. The number of carbonyl (C=O) groups excluding carboxylic acids is 1. The number of rotatable bonds is 4. The molecule has 1 fully saturated rings. The van der Waals surface area contributed by atoms with E-state index in [2.05, 4.69) is 41.5 Å². The highest BCUT2D eigenvalue weighted by molar-refractivity contribution is 7.13. The van der Waals surface area contributed by atoms with Gasteiger partial charge in [0.2, 0.25) is 0 Å². The van der Waals surface area contributed by atoms with Gasteiger partial charge in [-0.3, -0.25) is 4.79 Å². The molecule has 3 aromatic rings. The minimum absolute atomic E-state index is 0. The van der Waals surface area contributed by atoms with E-state index in [0.717, 1.165) is 35.6 Å². The molecule has 0 radical (unpaired) electrons. The van der Waals surface area contributed by atoms with Gasteiger partial charge >= 0.3 is 0 Å². The molecule has 0 saturated carbocycles. The van der Waals surface area contributed by atoms with Gasteiger partial charge in [0.1, 0.15) is 17.0 Å². The maximum absolute atomic E-state index is 13.1. The van der Waals surface area contributed by atoms with E-state index in [-0.39, 0.29) is 36.8 Å². The standard InChI is InChI=1S/C20H21N3O2S.2ClH/c1-2-14-3-5-15(6-4-14)18-11-21-8-9-23(18)20(24)17-13-26-19(22-17)16-7-10-25-12-16;;/h3-7,10,12-13,18,21H,2,8-9,11H2,1H3;2*1H. The summed E-state index contributed by atoms with van der Waals surface area (Å²) >= 11 is 1.47. The fraction of sp³-hybridized carbons (Fsp3) is 0.300. The molecule has 28 heavy (non-hydrogen) atoms. The second-order valence-electron chi connectivity index (χ2n) is 6.36. The number of nitrogens with one attached hydrogen (secondary N) is 1. The van der Waals surface area contributed by atoms with Crippen molar-refractivity contribution in [2.45, 2.75) is 19.4 Å². The minimum Gasteiger partial charge on any atom is -0.472 e. The third-order valence-electron chi connectivity index (χ3n) is 4.77. The average Bonchev–Trinajstić information content (AvgIpc) is 3.39. The van der Waals surface area contributed by atoms with Crippen LogP contribution in [0.4, 0.5) is 0 Å². The highest BCUT2D eigenvalue weighted by atomic mass is 35.5. The van der Waals surface area contributed by atoms with E-state index in [0.29, 0.717) is 12.2 Å². The quantitative estimate of drug-likeness (QED) is 0.645. The minimum atomic E-state index is -0.0120. The number of nitrogens with zero attached hydrogens (tertiary/aromatic N) is 2. The van der Waals surface area contributed by atoms with E-state index in [1.54, 1.807) is 12.5 Å². The second kappa shape index (κ2) is 10.1. The van der Waals surface area contributed by atoms with Gasteiger partial charge in [-0.15, -0.1) is 36.2 Å². The zero-order valence-corrected chi connectivity index (χ0v) is 17.9. The summed E-state index contributed by atoms with van der Waals surface area (Å²) in [5.74, 6) is -0.0120. The molecule has 1 amide bonds. The van der Waals surface area contributed by atoms with Gasteiger partial charge in [0, 0.05) is 30.6 Å². The molecule has 1 N–H and O–H groups in total. The van der Waals surface area contributed by atoms with Crippen molar-refractivity contribution in [2.75, 3.05) is 19.6 Å². The number of aromatic nitrogens is 1. The monoisotopic (exact) mass is 439 g/mol. The van der Waals surface area contributed by atoms with Crippen molar-refractivity contribution >= 4 is 42.1 Å². The number of halogens is 2. The van der Waals surface area contributed by atoms with Crippen molar-refractivity contribution in [1.82, 2.24) is 15.2 Å². The molecule has 1 aliphatic heterocycles. The highest BCUT2D eigenvalue weighted by Crippen LogP contribution is 2.28. The molecule has 0 spiro atoms. The number of thiazole rings is 1. The second-order valence-corrected chi connectivity index (χ2v) is 7.22. The van der Waals surface area contributed by atoms with Gasteiger partial charge in [-0.1, -0.05) is 31.2 Å². The number of hydrogen-bond acceptors (Lipinski definition) is 5. The lowest BCUT2D eigenvalue weighted by molar-refractivity contribution is 0.0629. The Morgan fingerprint density at radius 2 is 2.07 bits per heavy atom. The number of amides is 1. The fourth-order valence-corrected chi connectivity index (χ4v) is 4.04. The maximum atomic E-state index is 13.1. The lowest BCUT2D eigenvalue weighted by atomic mass is 10.0. The molecule has 5 nitrogen and oxygen atoms in total. The van der Waals surface area contributed by atoms with Crippen LogP contribution >= 0.6 is 36.2 Å². The van der Waals surface area contributed by atoms with Gasteiger partial charge in [0.05, 0.1) is 12.3 Å². The van der Waals surface area contributed by atoms with Gasteiger partial charge < -0.3 is 14.6 Å². The summed E-state index contributed by atoms with van der Waals surface area (Å²) in [5.41, 5.74) is 3.87. The van der Waals surface area contributed by atoms with Crippen molar-refractivity contribution < 1.29 is 9.21 Å². The molecule has 4 rings (SSSR count). The molecule has 150 valence electrons. The van der Waals surface area contributed by atoms with Crippen molar-refractivity contribution in [3.8, 4) is 10.6 Å². The summed E-state index contributed by atoms with van der Waals surface area (Å²) in [6, 6.07) is 10.4. The smallest absolute Gasteiger partial charge is 0.273 e. The molecule has 2 aromatic heterocycles. The Kier molecular flexibility index (Phi) is 8.07. The molecule has 1 aromatic carbocycles. The van der Waals surface area contributed by atoms with Crippen LogP contribution in [0.5, 0.6) is 0 Å². The van der Waals surface area contributed by atoms with Gasteiger partial charge in [0.25, 0.3) is 5.91 Å². The Bertz CT molecular complexity index is 881. The van der Waals surface area contributed by atoms with Gasteiger partial charge in [0.15, 0.2) is 0 Å². The summed E-state index contributed by atoms with van der Waals surface area (Å²) in [7, 11) is 0. The number of aryl methyl sites for hydroxylation is 1. The molecule has 1 saturated heterocycles. The summed E-state index contributed by atoms with van der Waals surface area (Å²) in [6.07, 6.45) is 4.28. The Labute approximate surface area is 181 Å². The molecule has 0 aliphatic carbocycles. The van der Waals surface area contributed by atoms with Crippen LogP contribution in [-0.4, -0.2) is 35.4 Å². The van der Waals surface area contributed by atoms with Crippen LogP contribution in [0.15, 0.2) is 52.7 Å². The number of benzene rings is 1. The van der Waals surface area contributed by atoms with Crippen molar-refractivity contribution in [3.05, 3.63) is 65.1 Å². The first-order valence-electron chi connectivity index (χ1n) is 8.85. The molecule has 1 aliphatic rings. The molecule has 1 unspecified atom stereocenters. The molecule has 1 atom stereocenters. The largest absolute Gasteiger partial charge is 0.472 e. The topological polar surface area (TPSA) is 58.4 Å². The van der Waals surface area contributed by atoms with E-state index in [1.807, 2.05) is 16.3 Å². The Hall–Kier alpha value is -1.86. The maximum Gasteiger partial charge on any atom is 0.273 e. The van der Waals surface area contributed by atoms with Gasteiger partial charge in [-0.05, 0) is 23.6 Å². The van der Waals surface area contributed by atoms with E-state index in [9.17, 15) is 4.79 Å². The highest BCUT2D eigenvalue weighted by Gasteiger charge is 2.30. The van der Waals surface area contributed by atoms with Gasteiger partial charge in [-0.25, -0.2) is 4.98 Å². The number of hydrogen-bond donors (Lipinski definition) is 1. The van der Waals surface area contributed by atoms with Crippen molar-refractivity contribution in [2.24, 2.45) is 0 Å². The Morgan fingerprint density at radius 3 is 2.75 bits per heavy atom. The number of carbonyl (C=O) groups is 1. The molecule has 0 bridgehead atoms. The van der Waals surface area contributed by atoms with Crippen LogP contribution in [-0.2, 0) is 6.42 Å². The lowest BCUT2D eigenvalue weighted by Gasteiger charge is -2.36. The SMILES string of the molecule is CCc1ccc(C2CNCCN2C(=O)c2csc(-c3ccoc3)n2)cc1.Cl.Cl. The first-order valence-corrected chi connectivity index (χ1v) is 9.73. The Morgan fingerprint density at radius 1 is 1.29 bits per heavy atom. The predicted octanol–water partition coefficient (Wildman–Crippen LogP) is 4.60. The van der Waals surface area contributed by atoms with Crippen molar-refractivity contribution in [3.63, 3.8) is 0 Å². The molecular weight excluding hydrogens is 417 g/mol. The number of furan rings is 1. The number of piperazine rings is 1. The van der Waals surface area contributed by atoms with E-state index in [4.69, 9.17) is 4.42 Å². The van der Waals surface area contributed by atoms with Crippen LogP contribution in [0.2, 0.25) is 0 Å². The summed E-state index contributed by atoms with van der Waals surface area (Å²) in [4.78, 5) is 19.6. The lowest BCUT2D eigenvalue weighted by Crippen LogP contribution is -2.48. The summed E-state index contributed by atoms with van der Waals surface area (Å²) in [5, 5.41) is 6.05. The van der Waals surface area contributed by atoms with Crippen LogP contribution < -0.4 is 5.32 Å². The van der Waals surface area contributed by atoms with Gasteiger partial charge in [-0.2, -0.15) is 0 Å². The van der Waals surface area contributed by atoms with Crippen LogP contribution in [0.3, 0.4) is 0 Å². The third kappa shape index (κ3) is 4.58. The molecule has 3 heterocycles. The predicted molar refractivity (Wildman–Crippen MR) is 117 cm³/mol. The van der Waals surface area contributed by atoms with Crippen LogP contribution in [0.1, 0.15) is 34.6 Å². The summed E-state index contributed by atoms with van der Waals surface area (Å²) < 4.78 is 5.11. The van der Waals surface area contributed by atoms with E-state index >= 15 is 0 Å². The van der Waals surface area contributed by atoms with Crippen molar-refractivity contribution in [1.29, 1.82) is 0 Å². The van der Waals surface area contributed by atoms with Crippen LogP contribution in [0, 0.1) is 0 Å². The normalized spacial score (nSPS) is 16.2. The molecular formula is C20H23Cl2N3O2S.